The minimum absolute atomic E-state index is 0. The number of hydrogen-bond donors (Lipinski definition) is 0. The molecule has 0 N–H and O–H groups in total. The number of benzene rings is 2. The molecule has 240 valence electrons. The molecule has 0 nitrogen and oxygen atoms in total. The largest absolute Gasteiger partial charge is 1.00 e. The van der Waals surface area contributed by atoms with E-state index in [4.69, 9.17) is 0 Å². The van der Waals surface area contributed by atoms with Crippen molar-refractivity contribution in [2.45, 2.75) is 131 Å². The molecule has 0 atom stereocenters. The predicted molar refractivity (Wildman–Crippen MR) is 186 cm³/mol. The summed E-state index contributed by atoms with van der Waals surface area (Å²) in [7, 11) is -0.981. The third-order valence-electron chi connectivity index (χ3n) is 10.5. The van der Waals surface area contributed by atoms with Crippen LogP contribution in [0.3, 0.4) is 0 Å². The summed E-state index contributed by atoms with van der Waals surface area (Å²) in [5.74, 6) is 0. The fraction of sp³-hybridized carbons (Fsp3) is 0.525. The summed E-state index contributed by atoms with van der Waals surface area (Å²) in [6.45, 7) is 30.9. The van der Waals surface area contributed by atoms with E-state index in [1.165, 1.54) is 33.6 Å². The number of halogens is 2. The van der Waals surface area contributed by atoms with Crippen LogP contribution in [0.15, 0.2) is 48.5 Å². The average molecular weight is 727 g/mol. The molecule has 3 aliphatic rings. The zero-order chi connectivity index (χ0) is 31.5. The normalized spacial score (nSPS) is 19.1. The van der Waals surface area contributed by atoms with E-state index in [-0.39, 0.29) is 41.1 Å². The Morgan fingerprint density at radius 2 is 1.32 bits per heavy atom. The second-order valence-corrected chi connectivity index (χ2v) is 24.4. The van der Waals surface area contributed by atoms with E-state index in [9.17, 15) is 0 Å². The summed E-state index contributed by atoms with van der Waals surface area (Å²) >= 11 is 1.55. The molecule has 0 heterocycles. The zero-order valence-corrected chi connectivity index (χ0v) is 34.8. The maximum absolute atomic E-state index is 2.59. The van der Waals surface area contributed by atoms with Gasteiger partial charge in [0.15, 0.2) is 0 Å². The maximum Gasteiger partial charge on any atom is 0.00392 e. The van der Waals surface area contributed by atoms with Crippen LogP contribution in [0.1, 0.15) is 115 Å². The molecule has 0 spiro atoms. The third-order valence-corrected chi connectivity index (χ3v) is 12.6. The average Bonchev–Trinajstić information content (AvgIpc) is 3.49. The van der Waals surface area contributed by atoms with Crippen molar-refractivity contribution >= 4 is 16.5 Å². The Balaban J connectivity index is 0.000000380. The van der Waals surface area contributed by atoms with Crippen LogP contribution < -0.4 is 30.0 Å². The van der Waals surface area contributed by atoms with Crippen molar-refractivity contribution in [3.63, 3.8) is 0 Å². The van der Waals surface area contributed by atoms with Crippen LogP contribution in [-0.2, 0) is 53.3 Å². The van der Waals surface area contributed by atoms with Crippen molar-refractivity contribution < 1.29 is 49.0 Å². The van der Waals surface area contributed by atoms with Crippen molar-refractivity contribution in [1.82, 2.24) is 0 Å². The van der Waals surface area contributed by atoms with Gasteiger partial charge in [-0.3, -0.25) is 0 Å². The van der Waals surface area contributed by atoms with Crippen LogP contribution in [0, 0.1) is 11.8 Å². The molecular weight excluding hydrogens is 671 g/mol. The summed E-state index contributed by atoms with van der Waals surface area (Å²) < 4.78 is 1.51. The van der Waals surface area contributed by atoms with Gasteiger partial charge >= 0.3 is 41.3 Å². The van der Waals surface area contributed by atoms with E-state index >= 15 is 0 Å². The van der Waals surface area contributed by atoms with Crippen LogP contribution in [0.2, 0.25) is 19.6 Å². The molecule has 4 heteroatoms. The third kappa shape index (κ3) is 7.89. The van der Waals surface area contributed by atoms with E-state index in [0.29, 0.717) is 5.41 Å². The SMILES string of the molecule is CC1(C)[CH-]CCc2cc3c(cc21)Cc1cc2c(cc1-3)C(C)(C)CC(C)(C)C2(C)C.C[C](C)=[Zr+2].C[Si](C)(C)c1cc[cH-]c1.[Cl-].[Cl-]. The maximum atomic E-state index is 2.59. The fourth-order valence-electron chi connectivity index (χ4n) is 7.57. The van der Waals surface area contributed by atoms with Gasteiger partial charge in [0.05, 0.1) is 0 Å². The minimum atomic E-state index is -0.981. The van der Waals surface area contributed by atoms with Crippen LogP contribution in [0.25, 0.3) is 11.1 Å². The first-order chi connectivity index (χ1) is 19.2. The summed E-state index contributed by atoms with van der Waals surface area (Å²) in [5.41, 5.74) is 13.3. The smallest absolute Gasteiger partial charge is 0.00392 e. The number of aryl methyl sites for hydroxylation is 1. The summed E-state index contributed by atoms with van der Waals surface area (Å²) in [6, 6.07) is 18.9. The van der Waals surface area contributed by atoms with Crippen molar-refractivity contribution in [3.8, 4) is 11.1 Å². The molecule has 0 radical (unpaired) electrons. The molecule has 0 amide bonds. The molecule has 0 unspecified atom stereocenters. The number of rotatable bonds is 1. The molecule has 0 saturated heterocycles. The fourth-order valence-corrected chi connectivity index (χ4v) is 8.77. The van der Waals surface area contributed by atoms with Crippen LogP contribution >= 0.6 is 0 Å². The van der Waals surface area contributed by atoms with Gasteiger partial charge in [-0.2, -0.15) is 24.6 Å². The van der Waals surface area contributed by atoms with Gasteiger partial charge in [-0.05, 0) is 68.0 Å². The van der Waals surface area contributed by atoms with E-state index in [1.807, 2.05) is 0 Å². The van der Waals surface area contributed by atoms with Crippen molar-refractivity contribution in [2.24, 2.45) is 5.41 Å². The van der Waals surface area contributed by atoms with Crippen molar-refractivity contribution in [2.75, 3.05) is 0 Å². The summed E-state index contributed by atoms with van der Waals surface area (Å²) in [6.07, 6.45) is 7.24. The van der Waals surface area contributed by atoms with Crippen molar-refractivity contribution in [3.05, 3.63) is 88.3 Å². The Morgan fingerprint density at radius 1 is 0.773 bits per heavy atom. The van der Waals surface area contributed by atoms with E-state index in [2.05, 4.69) is 144 Å². The van der Waals surface area contributed by atoms with Gasteiger partial charge in [0.1, 0.15) is 0 Å². The topological polar surface area (TPSA) is 0 Å². The van der Waals surface area contributed by atoms with E-state index in [0.717, 1.165) is 6.42 Å². The molecule has 0 aliphatic heterocycles. The van der Waals surface area contributed by atoms with E-state index < -0.39 is 8.07 Å². The molecule has 44 heavy (non-hydrogen) atoms. The minimum Gasteiger partial charge on any atom is -1.00 e. The Kier molecular flexibility index (Phi) is 12.4. The van der Waals surface area contributed by atoms with Gasteiger partial charge in [-0.15, -0.1) is 5.41 Å². The second-order valence-electron chi connectivity index (χ2n) is 16.9. The molecule has 0 fully saturated rings. The van der Waals surface area contributed by atoms with Gasteiger partial charge in [-0.1, -0.05) is 111 Å². The van der Waals surface area contributed by atoms with Gasteiger partial charge in [0.25, 0.3) is 0 Å². The van der Waals surface area contributed by atoms with Gasteiger partial charge in [-0.25, -0.2) is 11.3 Å². The summed E-state index contributed by atoms with van der Waals surface area (Å²) in [5, 5.41) is 1.56. The van der Waals surface area contributed by atoms with Gasteiger partial charge in [0, 0.05) is 8.07 Å². The Labute approximate surface area is 299 Å². The molecule has 6 rings (SSSR count). The Bertz CT molecular complexity index is 1460. The van der Waals surface area contributed by atoms with E-state index in [1.54, 1.807) is 62.8 Å². The molecule has 3 aromatic rings. The molecule has 3 aromatic carbocycles. The molecule has 0 bridgehead atoms. The molecule has 3 aliphatic carbocycles. The number of hydrogen-bond acceptors (Lipinski definition) is 0. The number of fused-ring (bicyclic) bond motifs is 5. The van der Waals surface area contributed by atoms with Crippen LogP contribution in [0.4, 0.5) is 0 Å². The van der Waals surface area contributed by atoms with Gasteiger partial charge < -0.3 is 31.2 Å². The quantitative estimate of drug-likeness (QED) is 0.202. The standard InChI is InChI=1S/C29H37.C8H13Si.C3H6.2ClH.Zr/c1-26(2)11-9-10-18-13-21-19(14-23(18)26)12-20-15-25-24(16-22(20)21)27(3,4)17-28(5,6)29(25,7)8;1-9(2,3)8-6-4-5-7-8;1-3-2;;;/h11,13-16H,9-10,12,17H2,1-8H3;4-7H,1-3H3;1-2H3;2*1H;/q2*-1;;;;+2/p-2. The molecular formula is C40H56Cl2SiZr-2. The predicted octanol–water partition coefficient (Wildman–Crippen LogP) is 4.38. The van der Waals surface area contributed by atoms with Crippen LogP contribution in [0.5, 0.6) is 0 Å². The summed E-state index contributed by atoms with van der Waals surface area (Å²) in [4.78, 5) is 0. The van der Waals surface area contributed by atoms with Crippen LogP contribution in [-0.4, -0.2) is 11.3 Å². The zero-order valence-electron chi connectivity index (χ0n) is 29.8. The first kappa shape index (κ1) is 39.5. The first-order valence-corrected chi connectivity index (χ1v) is 20.8. The second kappa shape index (κ2) is 13.8. The van der Waals surface area contributed by atoms with Gasteiger partial charge in [0.2, 0.25) is 0 Å². The monoisotopic (exact) mass is 724 g/mol. The first-order valence-electron chi connectivity index (χ1n) is 16.1. The Morgan fingerprint density at radius 3 is 1.82 bits per heavy atom. The molecule has 0 aromatic heterocycles. The van der Waals surface area contributed by atoms with Crippen molar-refractivity contribution in [1.29, 1.82) is 0 Å². The molecule has 0 saturated carbocycles. The Hall–Kier alpha value is -0.660.